The first kappa shape index (κ1) is 17.0. The van der Waals surface area contributed by atoms with Crippen molar-refractivity contribution in [2.75, 3.05) is 5.32 Å². The third-order valence-corrected chi connectivity index (χ3v) is 4.75. The second-order valence-electron chi connectivity index (χ2n) is 6.42. The van der Waals surface area contributed by atoms with Crippen molar-refractivity contribution in [3.05, 3.63) is 114 Å². The number of hydrogen-bond donors (Lipinski definition) is 2. The Labute approximate surface area is 157 Å². The summed E-state index contributed by atoms with van der Waals surface area (Å²) in [6.45, 7) is 0. The van der Waals surface area contributed by atoms with Crippen molar-refractivity contribution in [2.24, 2.45) is 0 Å². The number of benzene rings is 4. The van der Waals surface area contributed by atoms with Crippen molar-refractivity contribution < 1.29 is 9.90 Å². The van der Waals surface area contributed by atoms with Gasteiger partial charge in [-0.15, -0.1) is 0 Å². The van der Waals surface area contributed by atoms with Crippen LogP contribution >= 0.6 is 0 Å². The summed E-state index contributed by atoms with van der Waals surface area (Å²) < 4.78 is 0. The molecule has 0 fully saturated rings. The van der Waals surface area contributed by atoms with Gasteiger partial charge in [0.1, 0.15) is 0 Å². The van der Waals surface area contributed by atoms with Gasteiger partial charge in [0.2, 0.25) is 0 Å². The van der Waals surface area contributed by atoms with Gasteiger partial charge in [-0.2, -0.15) is 0 Å². The molecule has 0 unspecified atom stereocenters. The van der Waals surface area contributed by atoms with E-state index in [0.29, 0.717) is 16.8 Å². The summed E-state index contributed by atoms with van der Waals surface area (Å²) in [5.41, 5.74) is -0.0781. The van der Waals surface area contributed by atoms with Crippen molar-refractivity contribution >= 4 is 22.4 Å². The number of aliphatic hydroxyl groups is 1. The van der Waals surface area contributed by atoms with E-state index >= 15 is 0 Å². The van der Waals surface area contributed by atoms with Crippen molar-refractivity contribution in [3.8, 4) is 0 Å². The van der Waals surface area contributed by atoms with Gasteiger partial charge in [-0.05, 0) is 22.6 Å². The monoisotopic (exact) mass is 353 g/mol. The van der Waals surface area contributed by atoms with Gasteiger partial charge in [-0.1, -0.05) is 97.1 Å². The van der Waals surface area contributed by atoms with Crippen LogP contribution in [0.5, 0.6) is 0 Å². The van der Waals surface area contributed by atoms with Crippen LogP contribution in [0.3, 0.4) is 0 Å². The van der Waals surface area contributed by atoms with Crippen LogP contribution in [0.4, 0.5) is 5.69 Å². The normalized spacial score (nSPS) is 11.3. The highest BCUT2D eigenvalue weighted by molar-refractivity contribution is 6.06. The molecule has 0 bridgehead atoms. The number of rotatable bonds is 4. The molecule has 1 amide bonds. The molecule has 0 spiro atoms. The van der Waals surface area contributed by atoms with E-state index in [1.807, 2.05) is 78.9 Å². The van der Waals surface area contributed by atoms with Gasteiger partial charge in [0.25, 0.3) is 5.91 Å². The average molecular weight is 353 g/mol. The van der Waals surface area contributed by atoms with E-state index in [4.69, 9.17) is 0 Å². The fourth-order valence-corrected chi connectivity index (χ4v) is 3.33. The lowest BCUT2D eigenvalue weighted by Crippen LogP contribution is -2.41. The van der Waals surface area contributed by atoms with Crippen LogP contribution in [0.2, 0.25) is 0 Å². The van der Waals surface area contributed by atoms with Crippen LogP contribution in [-0.4, -0.2) is 11.0 Å². The van der Waals surface area contributed by atoms with Crippen molar-refractivity contribution in [2.45, 2.75) is 5.60 Å². The first-order valence-corrected chi connectivity index (χ1v) is 8.82. The number of anilines is 1. The minimum Gasteiger partial charge on any atom is -0.372 e. The van der Waals surface area contributed by atoms with Gasteiger partial charge >= 0.3 is 0 Å². The predicted octanol–water partition coefficient (Wildman–Crippen LogP) is 4.71. The molecule has 27 heavy (non-hydrogen) atoms. The number of fused-ring (bicyclic) bond motifs is 1. The van der Waals surface area contributed by atoms with Gasteiger partial charge in [-0.25, -0.2) is 0 Å². The Morgan fingerprint density at radius 3 is 1.81 bits per heavy atom. The second-order valence-corrected chi connectivity index (χ2v) is 6.42. The van der Waals surface area contributed by atoms with E-state index < -0.39 is 11.5 Å². The number of carbonyl (C=O) groups is 1. The van der Waals surface area contributed by atoms with Crippen LogP contribution in [0.1, 0.15) is 11.1 Å². The molecule has 3 heteroatoms. The summed E-state index contributed by atoms with van der Waals surface area (Å²) >= 11 is 0. The van der Waals surface area contributed by atoms with Gasteiger partial charge in [0.05, 0.1) is 0 Å². The maximum atomic E-state index is 13.3. The number of carbonyl (C=O) groups excluding carboxylic acids is 1. The van der Waals surface area contributed by atoms with Crippen LogP contribution in [0, 0.1) is 0 Å². The molecule has 4 aromatic carbocycles. The predicted molar refractivity (Wildman–Crippen MR) is 108 cm³/mol. The molecule has 0 aliphatic heterocycles. The average Bonchev–Trinajstić information content (AvgIpc) is 2.74. The third-order valence-electron chi connectivity index (χ3n) is 4.75. The number of nitrogens with one attached hydrogen (secondary N) is 1. The Hall–Kier alpha value is -3.43. The summed E-state index contributed by atoms with van der Waals surface area (Å²) in [5, 5.41) is 16.4. The lowest BCUT2D eigenvalue weighted by atomic mass is 9.85. The van der Waals surface area contributed by atoms with Gasteiger partial charge in [0.15, 0.2) is 5.60 Å². The molecule has 2 N–H and O–H groups in total. The van der Waals surface area contributed by atoms with E-state index in [0.717, 1.165) is 10.8 Å². The Bertz CT molecular complexity index is 1030. The van der Waals surface area contributed by atoms with Crippen molar-refractivity contribution in [1.82, 2.24) is 0 Å². The van der Waals surface area contributed by atoms with Crippen LogP contribution in [0.15, 0.2) is 103 Å². The smallest absolute Gasteiger partial charge is 0.265 e. The molecule has 0 aliphatic carbocycles. The quantitative estimate of drug-likeness (QED) is 0.558. The van der Waals surface area contributed by atoms with Crippen LogP contribution < -0.4 is 5.32 Å². The third kappa shape index (κ3) is 3.09. The first-order valence-electron chi connectivity index (χ1n) is 8.82. The minimum absolute atomic E-state index is 0.490. The SMILES string of the molecule is O=C(Nc1cccc2ccccc12)C(O)(c1ccccc1)c1ccccc1. The number of amides is 1. The lowest BCUT2D eigenvalue weighted by Gasteiger charge is -2.28. The fraction of sp³-hybridized carbons (Fsp3) is 0.0417. The van der Waals surface area contributed by atoms with Gasteiger partial charge in [0, 0.05) is 11.1 Å². The molecule has 0 saturated heterocycles. The molecule has 4 aromatic rings. The minimum atomic E-state index is -1.79. The van der Waals surface area contributed by atoms with Gasteiger partial charge < -0.3 is 10.4 Å². The summed E-state index contributed by atoms with van der Waals surface area (Å²) in [6, 6.07) is 31.6. The van der Waals surface area contributed by atoms with E-state index in [-0.39, 0.29) is 0 Å². The Kier molecular flexibility index (Phi) is 4.45. The summed E-state index contributed by atoms with van der Waals surface area (Å²) in [5.74, 6) is -0.490. The molecule has 3 nitrogen and oxygen atoms in total. The van der Waals surface area contributed by atoms with E-state index in [9.17, 15) is 9.90 Å². The highest BCUT2D eigenvalue weighted by Crippen LogP contribution is 2.32. The summed E-state index contributed by atoms with van der Waals surface area (Å²) in [7, 11) is 0. The zero-order valence-electron chi connectivity index (χ0n) is 14.7. The maximum absolute atomic E-state index is 13.3. The molecule has 4 rings (SSSR count). The molecule has 0 atom stereocenters. The van der Waals surface area contributed by atoms with Crippen LogP contribution in [-0.2, 0) is 10.4 Å². The standard InChI is InChI=1S/C24H19NO2/c26-23(25-22-17-9-11-18-10-7-8-16-21(18)22)24(27,19-12-3-1-4-13-19)20-14-5-2-6-15-20/h1-17,27H,(H,25,26). The molecule has 0 aromatic heterocycles. The zero-order valence-corrected chi connectivity index (χ0v) is 14.7. The van der Waals surface area contributed by atoms with E-state index in [1.165, 1.54) is 0 Å². The highest BCUT2D eigenvalue weighted by atomic mass is 16.3. The Morgan fingerprint density at radius 2 is 1.19 bits per heavy atom. The topological polar surface area (TPSA) is 49.3 Å². The molecule has 0 radical (unpaired) electrons. The van der Waals surface area contributed by atoms with Crippen molar-refractivity contribution in [1.29, 1.82) is 0 Å². The first-order chi connectivity index (χ1) is 13.2. The second kappa shape index (κ2) is 7.06. The molecule has 0 saturated carbocycles. The Morgan fingerprint density at radius 1 is 0.667 bits per heavy atom. The molecular formula is C24H19NO2. The summed E-state index contributed by atoms with van der Waals surface area (Å²) in [6.07, 6.45) is 0. The number of hydrogen-bond acceptors (Lipinski definition) is 2. The molecule has 0 aliphatic rings. The Balaban J connectivity index is 1.80. The van der Waals surface area contributed by atoms with E-state index in [1.54, 1.807) is 24.3 Å². The lowest BCUT2D eigenvalue weighted by molar-refractivity contribution is -0.131. The summed E-state index contributed by atoms with van der Waals surface area (Å²) in [4.78, 5) is 13.3. The molecule has 132 valence electrons. The molecule has 0 heterocycles. The fourth-order valence-electron chi connectivity index (χ4n) is 3.33. The maximum Gasteiger partial charge on any atom is 0.265 e. The highest BCUT2D eigenvalue weighted by Gasteiger charge is 2.40. The van der Waals surface area contributed by atoms with Crippen molar-refractivity contribution in [3.63, 3.8) is 0 Å². The molecular weight excluding hydrogens is 334 g/mol. The zero-order chi connectivity index (χ0) is 18.7. The van der Waals surface area contributed by atoms with Crippen LogP contribution in [0.25, 0.3) is 10.8 Å². The van der Waals surface area contributed by atoms with Gasteiger partial charge in [-0.3, -0.25) is 4.79 Å². The largest absolute Gasteiger partial charge is 0.372 e. The van der Waals surface area contributed by atoms with E-state index in [2.05, 4.69) is 5.32 Å².